The molecule has 0 bridgehead atoms. The van der Waals surface area contributed by atoms with Gasteiger partial charge in [-0.25, -0.2) is 12.8 Å². The average Bonchev–Trinajstić information content (AvgIpc) is 2.29. The number of benzene rings is 1. The molecular weight excluding hydrogens is 384 g/mol. The van der Waals surface area contributed by atoms with Crippen molar-refractivity contribution in [3.05, 3.63) is 30.1 Å². The number of halogens is 2. The van der Waals surface area contributed by atoms with Gasteiger partial charge in [0.15, 0.2) is 15.8 Å². The van der Waals surface area contributed by atoms with Gasteiger partial charge in [0.1, 0.15) is 5.82 Å². The highest BCUT2D eigenvalue weighted by molar-refractivity contribution is 14.0. The van der Waals surface area contributed by atoms with Crippen LogP contribution >= 0.6 is 24.0 Å². The molecule has 5 nitrogen and oxygen atoms in total. The van der Waals surface area contributed by atoms with Gasteiger partial charge in [-0.2, -0.15) is 0 Å². The summed E-state index contributed by atoms with van der Waals surface area (Å²) in [6, 6.07) is 4.71. The third-order valence-corrected chi connectivity index (χ3v) is 3.98. The van der Waals surface area contributed by atoms with E-state index in [-0.39, 0.29) is 47.1 Å². The lowest BCUT2D eigenvalue weighted by atomic mass is 10.4. The molecule has 0 atom stereocenters. The maximum absolute atomic E-state index is 12.7. The van der Waals surface area contributed by atoms with Gasteiger partial charge in [-0.15, -0.1) is 24.0 Å². The highest BCUT2D eigenvalue weighted by Crippen LogP contribution is 2.11. The Morgan fingerprint density at radius 1 is 1.32 bits per heavy atom. The van der Waals surface area contributed by atoms with Gasteiger partial charge < -0.3 is 10.6 Å². The first kappa shape index (κ1) is 18.1. The summed E-state index contributed by atoms with van der Waals surface area (Å²) in [5.41, 5.74) is 5.54. The topological polar surface area (TPSA) is 75.8 Å². The second kappa shape index (κ2) is 7.63. The third-order valence-electron chi connectivity index (χ3n) is 2.26. The fourth-order valence-electron chi connectivity index (χ4n) is 1.18. The zero-order chi connectivity index (χ0) is 13.8. The SMILES string of the molecule is CN(C)C(N)=NCCS(=O)(=O)c1ccc(F)cc1.I. The Morgan fingerprint density at radius 2 is 1.84 bits per heavy atom. The molecule has 0 saturated heterocycles. The molecule has 0 saturated carbocycles. The molecule has 2 N–H and O–H groups in total. The third kappa shape index (κ3) is 5.72. The minimum Gasteiger partial charge on any atom is -0.370 e. The molecule has 0 aliphatic carbocycles. The Kier molecular flexibility index (Phi) is 7.27. The number of hydrogen-bond acceptors (Lipinski definition) is 3. The van der Waals surface area contributed by atoms with Gasteiger partial charge in [-0.3, -0.25) is 4.99 Å². The van der Waals surface area contributed by atoms with Crippen LogP contribution in [0.1, 0.15) is 0 Å². The van der Waals surface area contributed by atoms with Crippen molar-refractivity contribution in [2.75, 3.05) is 26.4 Å². The summed E-state index contributed by atoms with van der Waals surface area (Å²) in [4.78, 5) is 5.59. The molecule has 1 aromatic rings. The van der Waals surface area contributed by atoms with E-state index in [0.29, 0.717) is 0 Å². The molecule has 0 spiro atoms. The second-order valence-corrected chi connectivity index (χ2v) is 6.02. The van der Waals surface area contributed by atoms with Gasteiger partial charge in [0.05, 0.1) is 17.2 Å². The molecule has 8 heteroatoms. The van der Waals surface area contributed by atoms with E-state index in [4.69, 9.17) is 5.73 Å². The molecule has 19 heavy (non-hydrogen) atoms. The lowest BCUT2D eigenvalue weighted by Gasteiger charge is -2.10. The molecule has 1 aromatic carbocycles. The molecule has 0 aromatic heterocycles. The Hall–Kier alpha value is -0.900. The van der Waals surface area contributed by atoms with Crippen molar-refractivity contribution in [1.82, 2.24) is 4.90 Å². The lowest BCUT2D eigenvalue weighted by molar-refractivity contribution is 0.592. The molecule has 0 aliphatic rings. The van der Waals surface area contributed by atoms with E-state index in [9.17, 15) is 12.8 Å². The number of nitrogens with zero attached hydrogens (tertiary/aromatic N) is 2. The smallest absolute Gasteiger partial charge is 0.190 e. The van der Waals surface area contributed by atoms with Gasteiger partial charge in [0.2, 0.25) is 0 Å². The minimum absolute atomic E-state index is 0. The van der Waals surface area contributed by atoms with Crippen LogP contribution in [0, 0.1) is 5.82 Å². The predicted molar refractivity (Wildman–Crippen MR) is 84.0 cm³/mol. The van der Waals surface area contributed by atoms with Crippen LogP contribution in [-0.4, -0.2) is 45.7 Å². The van der Waals surface area contributed by atoms with E-state index in [1.165, 1.54) is 12.1 Å². The van der Waals surface area contributed by atoms with Crippen LogP contribution < -0.4 is 5.73 Å². The second-order valence-electron chi connectivity index (χ2n) is 3.91. The van der Waals surface area contributed by atoms with E-state index in [2.05, 4.69) is 4.99 Å². The first-order valence-corrected chi connectivity index (χ1v) is 6.94. The van der Waals surface area contributed by atoms with E-state index >= 15 is 0 Å². The first-order valence-electron chi connectivity index (χ1n) is 5.28. The van der Waals surface area contributed by atoms with Crippen molar-refractivity contribution < 1.29 is 12.8 Å². The molecule has 0 unspecified atom stereocenters. The quantitative estimate of drug-likeness (QED) is 0.355. The minimum atomic E-state index is -3.45. The van der Waals surface area contributed by atoms with Crippen molar-refractivity contribution in [1.29, 1.82) is 0 Å². The van der Waals surface area contributed by atoms with Crippen LogP contribution in [0.5, 0.6) is 0 Å². The monoisotopic (exact) mass is 401 g/mol. The fraction of sp³-hybridized carbons (Fsp3) is 0.364. The number of nitrogens with two attached hydrogens (primary N) is 1. The van der Waals surface area contributed by atoms with Crippen LogP contribution in [0.25, 0.3) is 0 Å². The molecule has 1 rings (SSSR count). The van der Waals surface area contributed by atoms with Crippen LogP contribution in [0.3, 0.4) is 0 Å². The summed E-state index contributed by atoms with van der Waals surface area (Å²) in [7, 11) is -0.0151. The first-order chi connectivity index (χ1) is 8.33. The van der Waals surface area contributed by atoms with Crippen molar-refractivity contribution in [2.45, 2.75) is 4.90 Å². The average molecular weight is 401 g/mol. The van der Waals surface area contributed by atoms with Crippen LogP contribution in [0.15, 0.2) is 34.2 Å². The standard InChI is InChI=1S/C11H16FN3O2S.HI/c1-15(2)11(13)14-7-8-18(16,17)10-5-3-9(12)4-6-10;/h3-6H,7-8H2,1-2H3,(H2,13,14);1H. The number of sulfone groups is 1. The molecule has 108 valence electrons. The molecule has 0 fully saturated rings. The summed E-state index contributed by atoms with van der Waals surface area (Å²) in [6.07, 6.45) is 0. The molecule has 0 amide bonds. The van der Waals surface area contributed by atoms with Crippen LogP contribution in [-0.2, 0) is 9.84 Å². The van der Waals surface area contributed by atoms with E-state index < -0.39 is 15.7 Å². The van der Waals surface area contributed by atoms with Crippen molar-refractivity contribution >= 4 is 39.8 Å². The highest BCUT2D eigenvalue weighted by atomic mass is 127. The van der Waals surface area contributed by atoms with E-state index in [0.717, 1.165) is 12.1 Å². The Bertz CT molecular complexity index is 529. The number of aliphatic imine (C=N–C) groups is 1. The van der Waals surface area contributed by atoms with Crippen molar-refractivity contribution in [3.63, 3.8) is 0 Å². The highest BCUT2D eigenvalue weighted by Gasteiger charge is 2.13. The van der Waals surface area contributed by atoms with Crippen molar-refractivity contribution in [2.24, 2.45) is 10.7 Å². The van der Waals surface area contributed by atoms with E-state index in [1.807, 2.05) is 0 Å². The van der Waals surface area contributed by atoms with Crippen LogP contribution in [0.4, 0.5) is 4.39 Å². The molecule has 0 aliphatic heterocycles. The van der Waals surface area contributed by atoms with Gasteiger partial charge in [-0.1, -0.05) is 0 Å². The number of hydrogen-bond donors (Lipinski definition) is 1. The summed E-state index contributed by atoms with van der Waals surface area (Å²) < 4.78 is 36.4. The maximum atomic E-state index is 12.7. The summed E-state index contributed by atoms with van der Waals surface area (Å²) >= 11 is 0. The Morgan fingerprint density at radius 3 is 2.32 bits per heavy atom. The molecule has 0 radical (unpaired) electrons. The van der Waals surface area contributed by atoms with Gasteiger partial charge in [0, 0.05) is 14.1 Å². The molecular formula is C11H17FIN3O2S. The van der Waals surface area contributed by atoms with E-state index in [1.54, 1.807) is 19.0 Å². The fourth-order valence-corrected chi connectivity index (χ4v) is 2.30. The van der Waals surface area contributed by atoms with Gasteiger partial charge in [0.25, 0.3) is 0 Å². The summed E-state index contributed by atoms with van der Waals surface area (Å²) in [5, 5.41) is 0. The van der Waals surface area contributed by atoms with Gasteiger partial charge in [-0.05, 0) is 24.3 Å². The Labute approximate surface area is 129 Å². The summed E-state index contributed by atoms with van der Waals surface area (Å²) in [5.74, 6) is -0.360. The summed E-state index contributed by atoms with van der Waals surface area (Å²) in [6.45, 7) is 0.0731. The molecule has 0 heterocycles. The van der Waals surface area contributed by atoms with Crippen LogP contribution in [0.2, 0.25) is 0 Å². The Balaban J connectivity index is 0.00000324. The number of guanidine groups is 1. The van der Waals surface area contributed by atoms with Gasteiger partial charge >= 0.3 is 0 Å². The predicted octanol–water partition coefficient (Wildman–Crippen LogP) is 1.09. The zero-order valence-electron chi connectivity index (χ0n) is 10.7. The normalized spacial score (nSPS) is 11.8. The lowest BCUT2D eigenvalue weighted by Crippen LogP contribution is -2.31. The van der Waals surface area contributed by atoms with Crippen molar-refractivity contribution in [3.8, 4) is 0 Å². The largest absolute Gasteiger partial charge is 0.370 e. The number of rotatable bonds is 4. The maximum Gasteiger partial charge on any atom is 0.190 e. The zero-order valence-corrected chi connectivity index (χ0v) is 13.9.